The maximum absolute atomic E-state index is 13.8. The molecule has 0 spiro atoms. The second-order valence-electron chi connectivity index (χ2n) is 9.87. The molecule has 0 radical (unpaired) electrons. The number of hydrogen-bond acceptors (Lipinski definition) is 5. The quantitative estimate of drug-likeness (QED) is 0.227. The van der Waals surface area contributed by atoms with Gasteiger partial charge in [0, 0.05) is 0 Å². The van der Waals surface area contributed by atoms with Crippen LogP contribution in [0, 0.1) is 41.5 Å². The molecule has 1 unspecified atom stereocenters. The number of ether oxygens (including phenoxy) is 1. The van der Waals surface area contributed by atoms with Crippen molar-refractivity contribution in [1.82, 2.24) is 0 Å². The van der Waals surface area contributed by atoms with Crippen molar-refractivity contribution in [2.24, 2.45) is 0 Å². The van der Waals surface area contributed by atoms with Crippen molar-refractivity contribution < 1.29 is 22.9 Å². The lowest BCUT2D eigenvalue weighted by Gasteiger charge is -2.33. The van der Waals surface area contributed by atoms with Gasteiger partial charge in [0.25, 0.3) is 8.03 Å². The van der Waals surface area contributed by atoms with Gasteiger partial charge in [-0.1, -0.05) is 56.3 Å². The van der Waals surface area contributed by atoms with E-state index in [0.717, 1.165) is 56.7 Å². The van der Waals surface area contributed by atoms with Crippen molar-refractivity contribution in [3.63, 3.8) is 0 Å². The van der Waals surface area contributed by atoms with Crippen molar-refractivity contribution in [2.45, 2.75) is 80.0 Å². The van der Waals surface area contributed by atoms with E-state index >= 15 is 0 Å². The van der Waals surface area contributed by atoms with E-state index in [9.17, 15) is 9.13 Å². The maximum Gasteiger partial charge on any atom is 0.395 e. The third-order valence-corrected chi connectivity index (χ3v) is 9.19. The molecule has 0 aromatic heterocycles. The van der Waals surface area contributed by atoms with Crippen molar-refractivity contribution in [2.75, 3.05) is 0 Å². The van der Waals surface area contributed by atoms with Crippen LogP contribution < -0.4 is 13.8 Å². The van der Waals surface area contributed by atoms with Crippen LogP contribution in [0.5, 0.6) is 17.2 Å². The van der Waals surface area contributed by atoms with Crippen LogP contribution in [0.15, 0.2) is 42.5 Å². The lowest BCUT2D eigenvalue weighted by atomic mass is 9.97. The molecule has 0 saturated heterocycles. The fourth-order valence-corrected chi connectivity index (χ4v) is 6.75. The molecule has 1 atom stereocenters. The number of hydrogen-bond donors (Lipinski definition) is 0. The molecule has 0 saturated carbocycles. The predicted molar refractivity (Wildman–Crippen MR) is 152 cm³/mol. The second kappa shape index (κ2) is 12.3. The molecular weight excluding hydrogens is 502 g/mol. The summed E-state index contributed by atoms with van der Waals surface area (Å²) in [5.74, 6) is 2.10. The summed E-state index contributed by atoms with van der Waals surface area (Å²) >= 11 is 0. The monoisotopic (exact) mass is 540 g/mol. The first-order valence-corrected chi connectivity index (χ1v) is 14.8. The Kier molecular flexibility index (Phi) is 9.62. The predicted octanol–water partition coefficient (Wildman–Crippen LogP) is 9.16. The Labute approximate surface area is 223 Å². The minimum atomic E-state index is -2.62. The van der Waals surface area contributed by atoms with Crippen LogP contribution in [0.3, 0.4) is 0 Å². The van der Waals surface area contributed by atoms with Gasteiger partial charge in [-0.05, 0) is 105 Å². The molecule has 0 N–H and O–H groups in total. The molecule has 0 aliphatic heterocycles. The Morgan fingerprint density at radius 3 is 1.62 bits per heavy atom. The molecule has 0 heterocycles. The van der Waals surface area contributed by atoms with Crippen LogP contribution in [0.1, 0.15) is 71.2 Å². The lowest BCUT2D eigenvalue weighted by molar-refractivity contribution is 0.133. The van der Waals surface area contributed by atoms with Crippen LogP contribution in [0.25, 0.3) is 0 Å². The van der Waals surface area contributed by atoms with Gasteiger partial charge >= 0.3 is 8.69 Å². The molecule has 7 heteroatoms. The summed E-state index contributed by atoms with van der Waals surface area (Å²) in [6.45, 7) is 15.9. The van der Waals surface area contributed by atoms with Gasteiger partial charge in [-0.3, -0.25) is 4.57 Å². The molecule has 3 rings (SSSR count). The summed E-state index contributed by atoms with van der Waals surface area (Å²) in [5.41, 5.74) is 8.12. The van der Waals surface area contributed by atoms with E-state index in [2.05, 4.69) is 24.3 Å². The summed E-state index contributed by atoms with van der Waals surface area (Å²) in [6.07, 6.45) is 1.89. The largest absolute Gasteiger partial charge is 0.476 e. The van der Waals surface area contributed by atoms with E-state index in [4.69, 9.17) is 13.8 Å². The minimum absolute atomic E-state index is 0.353. The molecule has 5 nitrogen and oxygen atoms in total. The van der Waals surface area contributed by atoms with E-state index in [-0.39, 0.29) is 8.69 Å². The Morgan fingerprint density at radius 2 is 1.19 bits per heavy atom. The Morgan fingerprint density at radius 1 is 0.730 bits per heavy atom. The van der Waals surface area contributed by atoms with Gasteiger partial charge < -0.3 is 13.8 Å². The maximum atomic E-state index is 13.8. The zero-order valence-corrected chi connectivity index (χ0v) is 25.0. The highest BCUT2D eigenvalue weighted by molar-refractivity contribution is 7.41. The fraction of sp³-hybridized carbons (Fsp3) is 0.400. The van der Waals surface area contributed by atoms with Gasteiger partial charge in [0.1, 0.15) is 17.2 Å². The summed E-state index contributed by atoms with van der Waals surface area (Å²) in [5, 5.41) is -0.887. The van der Waals surface area contributed by atoms with Gasteiger partial charge in [-0.25, -0.2) is 4.57 Å². The lowest BCUT2D eigenvalue weighted by Crippen LogP contribution is -2.32. The highest BCUT2D eigenvalue weighted by Crippen LogP contribution is 2.49. The van der Waals surface area contributed by atoms with Crippen LogP contribution in [0.2, 0.25) is 0 Å². The van der Waals surface area contributed by atoms with Gasteiger partial charge in [0.05, 0.1) is 0 Å². The third kappa shape index (κ3) is 6.46. The van der Waals surface area contributed by atoms with E-state index < -0.39 is 13.4 Å². The van der Waals surface area contributed by atoms with Gasteiger partial charge in [-0.15, -0.1) is 0 Å². The molecule has 0 aliphatic rings. The molecule has 37 heavy (non-hydrogen) atoms. The smallest absolute Gasteiger partial charge is 0.395 e. The summed E-state index contributed by atoms with van der Waals surface area (Å²) in [6, 6.07) is 14.3. The van der Waals surface area contributed by atoms with Gasteiger partial charge in [0.15, 0.2) is 5.34 Å². The first-order chi connectivity index (χ1) is 17.5. The SMILES string of the molecule is CCC(CC)(Oc1c(C)cccc1C)[PH](=O)Oc1c(C)cc(Cc2cc(C)c(OP=O)c(C)c2)cc1C. The average molecular weight is 541 g/mol. The van der Waals surface area contributed by atoms with Crippen LogP contribution in [-0.4, -0.2) is 5.34 Å². The molecular formula is C30H38O5P2. The van der Waals surface area contributed by atoms with Crippen molar-refractivity contribution in [3.05, 3.63) is 87.0 Å². The second-order valence-corrected chi connectivity index (χ2v) is 11.9. The topological polar surface area (TPSA) is 61.8 Å². The van der Waals surface area contributed by atoms with Crippen LogP contribution in [-0.2, 0) is 15.6 Å². The molecule has 0 aliphatic carbocycles. The van der Waals surface area contributed by atoms with E-state index in [1.165, 1.54) is 0 Å². The minimum Gasteiger partial charge on any atom is -0.476 e. The summed E-state index contributed by atoms with van der Waals surface area (Å²) in [4.78, 5) is 0. The van der Waals surface area contributed by atoms with E-state index in [0.29, 0.717) is 24.3 Å². The third-order valence-electron chi connectivity index (χ3n) is 6.99. The number of benzene rings is 3. The first-order valence-electron chi connectivity index (χ1n) is 12.7. The van der Waals surface area contributed by atoms with Gasteiger partial charge in [-0.2, -0.15) is 0 Å². The molecule has 3 aromatic rings. The highest BCUT2D eigenvalue weighted by Gasteiger charge is 2.38. The number of para-hydroxylation sites is 1. The molecule has 0 bridgehead atoms. The molecule has 198 valence electrons. The normalized spacial score (nSPS) is 12.4. The Hall–Kier alpha value is -2.61. The summed E-state index contributed by atoms with van der Waals surface area (Å²) in [7, 11) is -2.97. The first kappa shape index (κ1) is 29.0. The highest BCUT2D eigenvalue weighted by atomic mass is 31.1. The standard InChI is InChI=1S/C30H38O5P2/c1-9-30(10-2,33-27-19(3)12-11-13-20(27)4)37(32)35-29-23(7)16-26(17-24(29)8)18-25-14-21(5)28(34-36-31)22(6)15-25/h11-17,37H,9-10,18H2,1-8H3. The zero-order valence-electron chi connectivity index (χ0n) is 23.2. The molecule has 3 aromatic carbocycles. The fourth-order valence-electron chi connectivity index (χ4n) is 4.93. The van der Waals surface area contributed by atoms with Crippen LogP contribution >= 0.6 is 16.7 Å². The van der Waals surface area contributed by atoms with E-state index in [1.54, 1.807) is 0 Å². The van der Waals surface area contributed by atoms with Crippen molar-refractivity contribution in [3.8, 4) is 17.2 Å². The summed E-state index contributed by atoms with van der Waals surface area (Å²) < 4.78 is 42.6. The molecule has 0 amide bonds. The van der Waals surface area contributed by atoms with E-state index in [1.807, 2.05) is 73.6 Å². The zero-order chi connectivity index (χ0) is 27.3. The number of aryl methyl sites for hydroxylation is 6. The van der Waals surface area contributed by atoms with Crippen molar-refractivity contribution >= 4 is 16.7 Å². The number of rotatable bonds is 11. The van der Waals surface area contributed by atoms with Gasteiger partial charge in [0.2, 0.25) is 0 Å². The average Bonchev–Trinajstić information content (AvgIpc) is 2.84. The Balaban J connectivity index is 1.86. The van der Waals surface area contributed by atoms with Crippen molar-refractivity contribution in [1.29, 1.82) is 0 Å². The van der Waals surface area contributed by atoms with Crippen LogP contribution in [0.4, 0.5) is 0 Å². The Bertz CT molecular complexity index is 1250. The molecule has 0 fully saturated rings.